The first-order chi connectivity index (χ1) is 12.1. The Hall–Kier alpha value is -2.53. The van der Waals surface area contributed by atoms with Crippen molar-refractivity contribution in [2.45, 2.75) is 44.3 Å². The summed E-state index contributed by atoms with van der Waals surface area (Å²) in [4.78, 5) is 59.2. The summed E-state index contributed by atoms with van der Waals surface area (Å²) in [5, 5.41) is 29.3. The minimum Gasteiger partial charge on any atom is -0.481 e. The number of amides is 2. The van der Waals surface area contributed by atoms with Crippen LogP contribution in [0.4, 0.5) is 0 Å². The topological polar surface area (TPSA) is 187 Å². The molecule has 11 heteroatoms. The number of hydrogen-bond acceptors (Lipinski definition) is 7. The van der Waals surface area contributed by atoms with Gasteiger partial charge in [0.05, 0.1) is 18.7 Å². The Kier molecular flexibility index (Phi) is 7.65. The highest BCUT2D eigenvalue weighted by molar-refractivity contribution is 5.97. The number of likely N-dealkylation sites (tertiary alicyclic amines) is 1. The standard InChI is InChI=1S/C15H23N3O8/c1-7(16)14(24)17-9(2-3-12(21)22)13(23)8-4-11(20)18(5-8)10(6-19)15(25)26/h7-10,19H,2-6,16H2,1H3,(H,17,24)(H,21,22)(H,25,26)/t7-,8-,9-,10-/m0/s1. The highest BCUT2D eigenvalue weighted by Crippen LogP contribution is 2.23. The Morgan fingerprint density at radius 2 is 1.92 bits per heavy atom. The first-order valence-corrected chi connectivity index (χ1v) is 8.03. The summed E-state index contributed by atoms with van der Waals surface area (Å²) in [5.41, 5.74) is 5.43. The van der Waals surface area contributed by atoms with Crippen LogP contribution in [0.2, 0.25) is 0 Å². The van der Waals surface area contributed by atoms with E-state index in [9.17, 15) is 24.0 Å². The molecule has 1 saturated heterocycles. The largest absolute Gasteiger partial charge is 0.481 e. The van der Waals surface area contributed by atoms with Crippen LogP contribution in [0.15, 0.2) is 0 Å². The van der Waals surface area contributed by atoms with Gasteiger partial charge in [-0.2, -0.15) is 0 Å². The molecule has 1 fully saturated rings. The summed E-state index contributed by atoms with van der Waals surface area (Å²) in [6.45, 7) is 0.367. The Balaban J connectivity index is 2.89. The average molecular weight is 373 g/mol. The summed E-state index contributed by atoms with van der Waals surface area (Å²) in [7, 11) is 0. The molecule has 0 aromatic carbocycles. The predicted octanol–water partition coefficient (Wildman–Crippen LogP) is -2.45. The number of carbonyl (C=O) groups excluding carboxylic acids is 3. The molecule has 146 valence electrons. The number of hydrogen-bond donors (Lipinski definition) is 5. The number of rotatable bonds is 10. The normalized spacial score (nSPS) is 20.3. The van der Waals surface area contributed by atoms with Crippen LogP contribution in [0.1, 0.15) is 26.2 Å². The van der Waals surface area contributed by atoms with Crippen molar-refractivity contribution in [2.75, 3.05) is 13.2 Å². The minimum absolute atomic E-state index is 0.181. The molecule has 4 atom stereocenters. The first-order valence-electron chi connectivity index (χ1n) is 8.03. The Bertz CT molecular complexity index is 591. The number of carbonyl (C=O) groups is 5. The van der Waals surface area contributed by atoms with E-state index in [4.69, 9.17) is 21.1 Å². The van der Waals surface area contributed by atoms with Gasteiger partial charge in [-0.25, -0.2) is 4.79 Å². The summed E-state index contributed by atoms with van der Waals surface area (Å²) in [5.74, 6) is -5.30. The number of nitrogens with two attached hydrogens (primary N) is 1. The van der Waals surface area contributed by atoms with E-state index >= 15 is 0 Å². The Labute approximate surface area is 149 Å². The van der Waals surface area contributed by atoms with E-state index in [-0.39, 0.29) is 25.8 Å². The lowest BCUT2D eigenvalue weighted by atomic mass is 9.94. The summed E-state index contributed by atoms with van der Waals surface area (Å²) >= 11 is 0. The van der Waals surface area contributed by atoms with E-state index in [1.807, 2.05) is 0 Å². The van der Waals surface area contributed by atoms with Gasteiger partial charge in [0, 0.05) is 25.3 Å². The fourth-order valence-corrected chi connectivity index (χ4v) is 2.67. The molecule has 1 aliphatic rings. The van der Waals surface area contributed by atoms with Crippen LogP contribution in [0.3, 0.4) is 0 Å². The first kappa shape index (κ1) is 21.5. The predicted molar refractivity (Wildman–Crippen MR) is 85.8 cm³/mol. The molecule has 0 aromatic rings. The number of ketones is 1. The number of nitrogens with one attached hydrogen (secondary N) is 1. The lowest BCUT2D eigenvalue weighted by Gasteiger charge is -2.24. The summed E-state index contributed by atoms with van der Waals surface area (Å²) < 4.78 is 0. The van der Waals surface area contributed by atoms with Gasteiger partial charge in [0.25, 0.3) is 0 Å². The number of Topliss-reactive ketones (excluding diaryl/α,β-unsaturated/α-hetero) is 1. The zero-order valence-electron chi connectivity index (χ0n) is 14.3. The van der Waals surface area contributed by atoms with Crippen molar-refractivity contribution in [1.82, 2.24) is 10.2 Å². The molecular weight excluding hydrogens is 350 g/mol. The van der Waals surface area contributed by atoms with Crippen molar-refractivity contribution < 1.29 is 39.3 Å². The van der Waals surface area contributed by atoms with Gasteiger partial charge in [-0.05, 0) is 13.3 Å². The molecule has 0 aliphatic carbocycles. The molecule has 26 heavy (non-hydrogen) atoms. The van der Waals surface area contributed by atoms with Crippen molar-refractivity contribution >= 4 is 29.5 Å². The highest BCUT2D eigenvalue weighted by atomic mass is 16.4. The van der Waals surface area contributed by atoms with E-state index in [1.165, 1.54) is 6.92 Å². The average Bonchev–Trinajstić information content (AvgIpc) is 2.92. The molecule has 0 bridgehead atoms. The second kappa shape index (κ2) is 9.25. The van der Waals surface area contributed by atoms with Crippen LogP contribution in [-0.4, -0.2) is 81.0 Å². The zero-order chi connectivity index (χ0) is 20.0. The maximum absolute atomic E-state index is 12.7. The van der Waals surface area contributed by atoms with Gasteiger partial charge in [-0.3, -0.25) is 19.2 Å². The monoisotopic (exact) mass is 373 g/mol. The fourth-order valence-electron chi connectivity index (χ4n) is 2.67. The van der Waals surface area contributed by atoms with Gasteiger partial charge >= 0.3 is 11.9 Å². The van der Waals surface area contributed by atoms with Crippen LogP contribution >= 0.6 is 0 Å². The molecule has 0 aromatic heterocycles. The number of carboxylic acid groups (broad SMARTS) is 2. The number of aliphatic carboxylic acids is 2. The molecule has 0 radical (unpaired) electrons. The van der Waals surface area contributed by atoms with E-state index in [0.29, 0.717) is 0 Å². The van der Waals surface area contributed by atoms with Crippen LogP contribution in [0.25, 0.3) is 0 Å². The summed E-state index contributed by atoms with van der Waals surface area (Å²) in [6, 6.07) is -3.53. The van der Waals surface area contributed by atoms with Gasteiger partial charge < -0.3 is 31.3 Å². The van der Waals surface area contributed by atoms with Crippen LogP contribution < -0.4 is 11.1 Å². The molecule has 1 aliphatic heterocycles. The second-order valence-electron chi connectivity index (χ2n) is 6.17. The zero-order valence-corrected chi connectivity index (χ0v) is 14.3. The molecule has 2 amide bonds. The number of aliphatic hydroxyl groups is 1. The molecule has 0 spiro atoms. The van der Waals surface area contributed by atoms with Crippen molar-refractivity contribution in [3.05, 3.63) is 0 Å². The highest BCUT2D eigenvalue weighted by Gasteiger charge is 2.42. The fraction of sp³-hybridized carbons (Fsp3) is 0.667. The SMILES string of the molecule is C[C@H](N)C(=O)N[C@@H](CCC(=O)O)C(=O)[C@H]1CC(=O)N([C@@H](CO)C(=O)O)C1. The number of carboxylic acids is 2. The third kappa shape index (κ3) is 5.49. The van der Waals surface area contributed by atoms with Crippen LogP contribution in [-0.2, 0) is 24.0 Å². The smallest absolute Gasteiger partial charge is 0.328 e. The van der Waals surface area contributed by atoms with Crippen molar-refractivity contribution in [1.29, 1.82) is 0 Å². The van der Waals surface area contributed by atoms with E-state index < -0.39 is 60.2 Å². The third-order valence-electron chi connectivity index (χ3n) is 4.12. The maximum Gasteiger partial charge on any atom is 0.328 e. The maximum atomic E-state index is 12.7. The van der Waals surface area contributed by atoms with Crippen LogP contribution in [0.5, 0.6) is 0 Å². The van der Waals surface area contributed by atoms with Crippen molar-refractivity contribution in [2.24, 2.45) is 11.7 Å². The number of nitrogens with zero attached hydrogens (tertiary/aromatic N) is 1. The quantitative estimate of drug-likeness (QED) is 0.277. The molecule has 1 heterocycles. The minimum atomic E-state index is -1.46. The van der Waals surface area contributed by atoms with Crippen LogP contribution in [0, 0.1) is 5.92 Å². The van der Waals surface area contributed by atoms with Gasteiger partial charge in [-0.15, -0.1) is 0 Å². The summed E-state index contributed by atoms with van der Waals surface area (Å²) in [6.07, 6.45) is -0.839. The van der Waals surface area contributed by atoms with E-state index in [1.54, 1.807) is 0 Å². The van der Waals surface area contributed by atoms with Gasteiger partial charge in [0.15, 0.2) is 11.8 Å². The van der Waals surface area contributed by atoms with E-state index in [0.717, 1.165) is 4.90 Å². The Morgan fingerprint density at radius 1 is 1.31 bits per heavy atom. The van der Waals surface area contributed by atoms with Gasteiger partial charge in [0.1, 0.15) is 0 Å². The molecule has 6 N–H and O–H groups in total. The van der Waals surface area contributed by atoms with Gasteiger partial charge in [-0.1, -0.05) is 0 Å². The van der Waals surface area contributed by atoms with Crippen molar-refractivity contribution in [3.8, 4) is 0 Å². The lowest BCUT2D eigenvalue weighted by Crippen LogP contribution is -2.50. The van der Waals surface area contributed by atoms with Crippen molar-refractivity contribution in [3.63, 3.8) is 0 Å². The third-order valence-corrected chi connectivity index (χ3v) is 4.12. The van der Waals surface area contributed by atoms with Gasteiger partial charge in [0.2, 0.25) is 11.8 Å². The molecule has 0 unspecified atom stereocenters. The molecule has 1 rings (SSSR count). The Morgan fingerprint density at radius 3 is 2.38 bits per heavy atom. The lowest BCUT2D eigenvalue weighted by molar-refractivity contribution is -0.150. The molecule has 11 nitrogen and oxygen atoms in total. The van der Waals surface area contributed by atoms with E-state index in [2.05, 4.69) is 5.32 Å². The molecule has 0 saturated carbocycles. The second-order valence-corrected chi connectivity index (χ2v) is 6.17. The number of aliphatic hydroxyl groups excluding tert-OH is 1. The molecular formula is C15H23N3O8.